The molecular weight excluding hydrogens is 486 g/mol. The zero-order valence-corrected chi connectivity index (χ0v) is 25.8. The summed E-state index contributed by atoms with van der Waals surface area (Å²) in [5.74, 6) is -0.164. The quantitative estimate of drug-likeness (QED) is 0.0556. The number of hydrogen-bond donors (Lipinski definition) is 4. The van der Waals surface area contributed by atoms with E-state index < -0.39 is 18.2 Å². The van der Waals surface area contributed by atoms with Gasteiger partial charge in [-0.3, -0.25) is 4.79 Å². The van der Waals surface area contributed by atoms with E-state index in [2.05, 4.69) is 43.5 Å². The Bertz CT molecular complexity index is 578. The topological polar surface area (TPSA) is 89.8 Å². The Morgan fingerprint density at radius 1 is 0.615 bits per heavy atom. The maximum absolute atomic E-state index is 12.3. The first-order valence-electron chi connectivity index (χ1n) is 16.6. The van der Waals surface area contributed by atoms with Gasteiger partial charge < -0.3 is 20.6 Å². The van der Waals surface area contributed by atoms with Crippen molar-refractivity contribution in [1.29, 1.82) is 0 Å². The fraction of sp³-hybridized carbons (Fsp3) is 0.853. The first-order chi connectivity index (χ1) is 19.1. The second-order valence-corrected chi connectivity index (χ2v) is 11.4. The molecule has 3 atom stereocenters. The molecule has 1 amide bonds. The summed E-state index contributed by atoms with van der Waals surface area (Å²) < 4.78 is 0. The van der Waals surface area contributed by atoms with Crippen molar-refractivity contribution in [2.45, 2.75) is 180 Å². The first kappa shape index (κ1) is 37.8. The van der Waals surface area contributed by atoms with Crippen molar-refractivity contribution in [3.63, 3.8) is 0 Å². The highest BCUT2D eigenvalue weighted by Crippen LogP contribution is 2.13. The van der Waals surface area contributed by atoms with Gasteiger partial charge in [0, 0.05) is 6.42 Å². The fourth-order valence-electron chi connectivity index (χ4n) is 4.86. The number of hydrogen-bond acceptors (Lipinski definition) is 4. The van der Waals surface area contributed by atoms with E-state index in [1.165, 1.54) is 96.3 Å². The van der Waals surface area contributed by atoms with Crippen LogP contribution < -0.4 is 5.32 Å². The van der Waals surface area contributed by atoms with Crippen LogP contribution in [0.1, 0.15) is 162 Å². The van der Waals surface area contributed by atoms with E-state index in [4.69, 9.17) is 0 Å². The van der Waals surface area contributed by atoms with E-state index in [9.17, 15) is 20.1 Å². The Morgan fingerprint density at radius 3 is 1.54 bits per heavy atom. The van der Waals surface area contributed by atoms with Gasteiger partial charge in [0.25, 0.3) is 0 Å². The van der Waals surface area contributed by atoms with Crippen molar-refractivity contribution in [2.75, 3.05) is 6.61 Å². The summed E-state index contributed by atoms with van der Waals surface area (Å²) >= 11 is 0. The minimum Gasteiger partial charge on any atom is -0.394 e. The Kier molecular flexibility index (Phi) is 28.9. The molecule has 0 radical (unpaired) electrons. The van der Waals surface area contributed by atoms with Gasteiger partial charge in [-0.05, 0) is 64.2 Å². The summed E-state index contributed by atoms with van der Waals surface area (Å²) in [6, 6.07) is -0.822. The molecule has 39 heavy (non-hydrogen) atoms. The van der Waals surface area contributed by atoms with E-state index in [1.54, 1.807) is 0 Å². The molecule has 0 bridgehead atoms. The van der Waals surface area contributed by atoms with E-state index in [0.717, 1.165) is 38.5 Å². The van der Waals surface area contributed by atoms with Crippen LogP contribution in [0.3, 0.4) is 0 Å². The Balaban J connectivity index is 3.72. The standard InChI is InChI=1S/C34H65NO4/c1-3-5-7-9-11-13-14-15-16-17-18-19-20-21-23-25-27-29-33(38)35-31(30-36)34(39)32(37)28-26-24-22-12-10-8-6-4-2/h12,15-16,22,31-32,34,36-37,39H,3-11,13-14,17-21,23-30H2,1-2H3,(H,35,38)/b16-15-,22-12+. The molecule has 0 heterocycles. The van der Waals surface area contributed by atoms with Crippen LogP contribution in [-0.2, 0) is 4.79 Å². The molecule has 0 fully saturated rings. The average molecular weight is 552 g/mol. The number of rotatable bonds is 29. The number of unbranched alkanes of at least 4 members (excludes halogenated alkanes) is 17. The highest BCUT2D eigenvalue weighted by atomic mass is 16.3. The predicted octanol–water partition coefficient (Wildman–Crippen LogP) is 8.31. The van der Waals surface area contributed by atoms with Crippen LogP contribution in [0.15, 0.2) is 24.3 Å². The molecule has 0 aromatic rings. The molecule has 3 unspecified atom stereocenters. The number of carbonyl (C=O) groups is 1. The third-order valence-corrected chi connectivity index (χ3v) is 7.53. The molecule has 0 aliphatic rings. The molecule has 230 valence electrons. The summed E-state index contributed by atoms with van der Waals surface area (Å²) in [4.78, 5) is 12.3. The number of carbonyl (C=O) groups excluding carboxylic acids is 1. The lowest BCUT2D eigenvalue weighted by molar-refractivity contribution is -0.124. The van der Waals surface area contributed by atoms with Crippen molar-refractivity contribution in [1.82, 2.24) is 5.32 Å². The SMILES string of the molecule is CCCCC/C=C/CCCC(O)C(O)C(CO)NC(=O)CCCCCCCCC/C=C\CCCCCCCC. The van der Waals surface area contributed by atoms with Crippen LogP contribution in [-0.4, -0.2) is 46.1 Å². The molecule has 0 aliphatic heterocycles. The number of aliphatic hydroxyl groups is 3. The van der Waals surface area contributed by atoms with Crippen molar-refractivity contribution < 1.29 is 20.1 Å². The van der Waals surface area contributed by atoms with E-state index in [-0.39, 0.29) is 12.5 Å². The number of amides is 1. The van der Waals surface area contributed by atoms with Crippen LogP contribution in [0.4, 0.5) is 0 Å². The second kappa shape index (κ2) is 29.8. The molecule has 0 rings (SSSR count). The van der Waals surface area contributed by atoms with Gasteiger partial charge in [-0.1, -0.05) is 115 Å². The van der Waals surface area contributed by atoms with Gasteiger partial charge in [-0.25, -0.2) is 0 Å². The third-order valence-electron chi connectivity index (χ3n) is 7.53. The third kappa shape index (κ3) is 25.5. The fourth-order valence-corrected chi connectivity index (χ4v) is 4.86. The average Bonchev–Trinajstić information content (AvgIpc) is 2.94. The normalized spacial score (nSPS) is 14.3. The van der Waals surface area contributed by atoms with Crippen molar-refractivity contribution in [2.24, 2.45) is 0 Å². The second-order valence-electron chi connectivity index (χ2n) is 11.4. The highest BCUT2D eigenvalue weighted by Gasteiger charge is 2.26. The first-order valence-corrected chi connectivity index (χ1v) is 16.6. The number of nitrogens with one attached hydrogen (secondary N) is 1. The Labute approximate surface area is 241 Å². The Morgan fingerprint density at radius 2 is 1.03 bits per heavy atom. The summed E-state index contributed by atoms with van der Waals surface area (Å²) in [5.41, 5.74) is 0. The molecule has 0 spiro atoms. The summed E-state index contributed by atoms with van der Waals surface area (Å²) in [6.45, 7) is 4.08. The minimum atomic E-state index is -1.15. The highest BCUT2D eigenvalue weighted by molar-refractivity contribution is 5.76. The Hall–Kier alpha value is -1.17. The van der Waals surface area contributed by atoms with Gasteiger partial charge in [-0.2, -0.15) is 0 Å². The largest absolute Gasteiger partial charge is 0.394 e. The zero-order chi connectivity index (χ0) is 28.8. The van der Waals surface area contributed by atoms with E-state index in [1.807, 2.05) is 0 Å². The minimum absolute atomic E-state index is 0.164. The molecule has 0 saturated heterocycles. The summed E-state index contributed by atoms with van der Waals surface area (Å²) in [7, 11) is 0. The monoisotopic (exact) mass is 551 g/mol. The van der Waals surface area contributed by atoms with Gasteiger partial charge in [0.15, 0.2) is 0 Å². The van der Waals surface area contributed by atoms with Gasteiger partial charge in [-0.15, -0.1) is 0 Å². The summed E-state index contributed by atoms with van der Waals surface area (Å²) in [6.07, 6.45) is 32.8. The van der Waals surface area contributed by atoms with Crippen LogP contribution in [0, 0.1) is 0 Å². The van der Waals surface area contributed by atoms with E-state index in [0.29, 0.717) is 12.8 Å². The molecule has 0 saturated carbocycles. The molecule has 4 N–H and O–H groups in total. The molecule has 0 aliphatic carbocycles. The van der Waals surface area contributed by atoms with Crippen molar-refractivity contribution in [3.05, 3.63) is 24.3 Å². The lowest BCUT2D eigenvalue weighted by Crippen LogP contribution is -2.50. The predicted molar refractivity (Wildman–Crippen MR) is 167 cm³/mol. The maximum Gasteiger partial charge on any atom is 0.220 e. The van der Waals surface area contributed by atoms with Crippen LogP contribution in [0.2, 0.25) is 0 Å². The molecule has 5 heteroatoms. The number of allylic oxidation sites excluding steroid dienone is 4. The zero-order valence-electron chi connectivity index (χ0n) is 25.8. The van der Waals surface area contributed by atoms with Gasteiger partial charge in [0.05, 0.1) is 18.8 Å². The van der Waals surface area contributed by atoms with E-state index >= 15 is 0 Å². The van der Waals surface area contributed by atoms with Crippen molar-refractivity contribution in [3.8, 4) is 0 Å². The van der Waals surface area contributed by atoms with Crippen LogP contribution in [0.25, 0.3) is 0 Å². The molecular formula is C34H65NO4. The molecule has 0 aromatic carbocycles. The van der Waals surface area contributed by atoms with Crippen LogP contribution >= 0.6 is 0 Å². The lowest BCUT2D eigenvalue weighted by Gasteiger charge is -2.26. The van der Waals surface area contributed by atoms with Gasteiger partial charge in [0.1, 0.15) is 6.10 Å². The van der Waals surface area contributed by atoms with Crippen molar-refractivity contribution >= 4 is 5.91 Å². The molecule has 0 aromatic heterocycles. The molecule has 5 nitrogen and oxygen atoms in total. The summed E-state index contributed by atoms with van der Waals surface area (Å²) in [5, 5.41) is 33.0. The lowest BCUT2D eigenvalue weighted by atomic mass is 10.0. The van der Waals surface area contributed by atoms with Gasteiger partial charge >= 0.3 is 0 Å². The van der Waals surface area contributed by atoms with Gasteiger partial charge in [0.2, 0.25) is 5.91 Å². The maximum atomic E-state index is 12.3. The van der Waals surface area contributed by atoms with Crippen LogP contribution in [0.5, 0.6) is 0 Å². The number of aliphatic hydroxyl groups excluding tert-OH is 3. The smallest absolute Gasteiger partial charge is 0.220 e.